The van der Waals surface area contributed by atoms with Gasteiger partial charge in [0.15, 0.2) is 0 Å². The minimum atomic E-state index is 0.165. The lowest BCUT2D eigenvalue weighted by molar-refractivity contribution is -0.130. The largest absolute Gasteiger partial charge is 0.371 e. The summed E-state index contributed by atoms with van der Waals surface area (Å²) in [6.07, 6.45) is 4.73. The van der Waals surface area contributed by atoms with Gasteiger partial charge in [0.05, 0.1) is 6.54 Å². The molecule has 6 heteroatoms. The summed E-state index contributed by atoms with van der Waals surface area (Å²) >= 11 is 0. The molecule has 1 amide bonds. The number of carbonyl (C=O) groups excluding carboxylic acids is 1. The van der Waals surface area contributed by atoms with E-state index in [1.54, 1.807) is 11.0 Å². The quantitative estimate of drug-likeness (QED) is 0.814. The van der Waals surface area contributed by atoms with E-state index >= 15 is 0 Å². The van der Waals surface area contributed by atoms with Gasteiger partial charge in [0.1, 0.15) is 12.7 Å². The molecule has 0 saturated carbocycles. The second kappa shape index (κ2) is 7.26. The number of carbonyl (C=O) groups is 1. The number of rotatable bonds is 6. The van der Waals surface area contributed by atoms with Crippen molar-refractivity contribution in [1.29, 1.82) is 0 Å². The molecule has 0 N–H and O–H groups in total. The number of aryl methyl sites for hydroxylation is 1. The second-order valence-electron chi connectivity index (χ2n) is 6.12. The molecule has 0 aliphatic carbocycles. The number of anilines is 1. The highest BCUT2D eigenvalue weighted by Crippen LogP contribution is 2.23. The molecule has 1 aromatic carbocycles. The molecule has 2 aromatic rings. The van der Waals surface area contributed by atoms with Crippen molar-refractivity contribution in [2.75, 3.05) is 31.6 Å². The van der Waals surface area contributed by atoms with E-state index in [4.69, 9.17) is 0 Å². The number of hydrogen-bond acceptors (Lipinski definition) is 4. The molecule has 1 aliphatic rings. The van der Waals surface area contributed by atoms with Crippen LogP contribution in [0.2, 0.25) is 0 Å². The molecule has 1 fully saturated rings. The fraction of sp³-hybridized carbons (Fsp3) is 0.471. The van der Waals surface area contributed by atoms with Crippen molar-refractivity contribution in [2.24, 2.45) is 5.92 Å². The number of benzene rings is 1. The van der Waals surface area contributed by atoms with Crippen LogP contribution in [0.15, 0.2) is 43.0 Å². The summed E-state index contributed by atoms with van der Waals surface area (Å²) in [7, 11) is 1.90. The van der Waals surface area contributed by atoms with Gasteiger partial charge in [-0.3, -0.25) is 9.48 Å². The second-order valence-corrected chi connectivity index (χ2v) is 6.12. The van der Waals surface area contributed by atoms with Crippen molar-refractivity contribution in [1.82, 2.24) is 19.7 Å². The lowest BCUT2D eigenvalue weighted by atomic mass is 10.1. The summed E-state index contributed by atoms with van der Waals surface area (Å²) in [6.45, 7) is 3.49. The summed E-state index contributed by atoms with van der Waals surface area (Å²) in [6, 6.07) is 10.5. The Morgan fingerprint density at radius 2 is 2.17 bits per heavy atom. The maximum Gasteiger partial charge on any atom is 0.224 e. The van der Waals surface area contributed by atoms with Gasteiger partial charge in [-0.25, -0.2) is 4.98 Å². The van der Waals surface area contributed by atoms with E-state index in [2.05, 4.69) is 39.2 Å². The molecule has 1 aromatic heterocycles. The third-order valence-corrected chi connectivity index (χ3v) is 4.39. The van der Waals surface area contributed by atoms with E-state index in [0.29, 0.717) is 18.9 Å². The molecule has 6 nitrogen and oxygen atoms in total. The normalized spacial score (nSPS) is 17.4. The SMILES string of the molecule is CN(C[C@H]1CCN(c2ccccc2)C1)C(=O)CCn1cncn1. The highest BCUT2D eigenvalue weighted by atomic mass is 16.2. The Labute approximate surface area is 136 Å². The standard InChI is InChI=1S/C17H23N5O/c1-20(17(23)8-10-22-14-18-13-19-22)11-15-7-9-21(12-15)16-5-3-2-4-6-16/h2-6,13-15H,7-12H2,1H3/t15-/m1/s1. The third kappa shape index (κ3) is 4.09. The van der Waals surface area contributed by atoms with E-state index < -0.39 is 0 Å². The van der Waals surface area contributed by atoms with E-state index in [0.717, 1.165) is 26.1 Å². The Hall–Kier alpha value is -2.37. The molecule has 1 saturated heterocycles. The van der Waals surface area contributed by atoms with Gasteiger partial charge in [-0.2, -0.15) is 5.10 Å². The molecular weight excluding hydrogens is 290 g/mol. The van der Waals surface area contributed by atoms with Gasteiger partial charge in [-0.15, -0.1) is 0 Å². The molecule has 0 bridgehead atoms. The molecule has 1 atom stereocenters. The predicted molar refractivity (Wildman–Crippen MR) is 89.0 cm³/mol. The molecule has 0 spiro atoms. The molecule has 122 valence electrons. The summed E-state index contributed by atoms with van der Waals surface area (Å²) in [5.41, 5.74) is 1.27. The van der Waals surface area contributed by atoms with E-state index in [1.807, 2.05) is 18.0 Å². The van der Waals surface area contributed by atoms with Crippen molar-refractivity contribution in [2.45, 2.75) is 19.4 Å². The maximum absolute atomic E-state index is 12.2. The van der Waals surface area contributed by atoms with Crippen molar-refractivity contribution >= 4 is 11.6 Å². The first-order chi connectivity index (χ1) is 11.2. The van der Waals surface area contributed by atoms with Crippen LogP contribution in [0.1, 0.15) is 12.8 Å². The van der Waals surface area contributed by atoms with Crippen molar-refractivity contribution in [3.05, 3.63) is 43.0 Å². The smallest absolute Gasteiger partial charge is 0.224 e. The zero-order chi connectivity index (χ0) is 16.1. The molecule has 0 radical (unpaired) electrons. The minimum Gasteiger partial charge on any atom is -0.371 e. The fourth-order valence-electron chi connectivity index (χ4n) is 3.09. The monoisotopic (exact) mass is 313 g/mol. The van der Waals surface area contributed by atoms with Crippen LogP contribution in [0.4, 0.5) is 5.69 Å². The van der Waals surface area contributed by atoms with Gasteiger partial charge in [0.25, 0.3) is 0 Å². The Bertz CT molecular complexity index is 613. The summed E-state index contributed by atoms with van der Waals surface area (Å²) in [5.74, 6) is 0.703. The zero-order valence-electron chi connectivity index (χ0n) is 13.5. The number of aromatic nitrogens is 3. The van der Waals surface area contributed by atoms with Crippen LogP contribution in [0, 0.1) is 5.92 Å². The molecule has 23 heavy (non-hydrogen) atoms. The van der Waals surface area contributed by atoms with Crippen LogP contribution < -0.4 is 4.90 Å². The number of nitrogens with zero attached hydrogens (tertiary/aromatic N) is 5. The van der Waals surface area contributed by atoms with Gasteiger partial charge in [-0.05, 0) is 24.5 Å². The molecule has 0 unspecified atom stereocenters. The number of para-hydroxylation sites is 1. The van der Waals surface area contributed by atoms with Gasteiger partial charge in [0, 0.05) is 38.8 Å². The Morgan fingerprint density at radius 3 is 2.91 bits per heavy atom. The van der Waals surface area contributed by atoms with Crippen LogP contribution in [-0.4, -0.2) is 52.3 Å². The molecule has 3 rings (SSSR count). The van der Waals surface area contributed by atoms with E-state index in [9.17, 15) is 4.79 Å². The first-order valence-electron chi connectivity index (χ1n) is 8.09. The number of amides is 1. The summed E-state index contributed by atoms with van der Waals surface area (Å²) in [4.78, 5) is 20.4. The van der Waals surface area contributed by atoms with Crippen LogP contribution in [0.5, 0.6) is 0 Å². The molecule has 1 aliphatic heterocycles. The number of hydrogen-bond donors (Lipinski definition) is 0. The maximum atomic E-state index is 12.2. The van der Waals surface area contributed by atoms with Crippen molar-refractivity contribution < 1.29 is 4.79 Å². The average molecular weight is 313 g/mol. The van der Waals surface area contributed by atoms with E-state index in [-0.39, 0.29) is 5.91 Å². The Morgan fingerprint density at radius 1 is 1.35 bits per heavy atom. The fourth-order valence-corrected chi connectivity index (χ4v) is 3.09. The van der Waals surface area contributed by atoms with Crippen molar-refractivity contribution in [3.63, 3.8) is 0 Å². The van der Waals surface area contributed by atoms with Gasteiger partial charge >= 0.3 is 0 Å². The van der Waals surface area contributed by atoms with Crippen molar-refractivity contribution in [3.8, 4) is 0 Å². The minimum absolute atomic E-state index is 0.165. The van der Waals surface area contributed by atoms with Crippen LogP contribution in [0.25, 0.3) is 0 Å². The Kier molecular flexibility index (Phi) is 4.90. The zero-order valence-corrected chi connectivity index (χ0v) is 13.5. The topological polar surface area (TPSA) is 54.3 Å². The summed E-state index contributed by atoms with van der Waals surface area (Å²) < 4.78 is 1.69. The van der Waals surface area contributed by atoms with Gasteiger partial charge < -0.3 is 9.80 Å². The van der Waals surface area contributed by atoms with Gasteiger partial charge in [0.2, 0.25) is 5.91 Å². The Balaban J connectivity index is 1.45. The highest BCUT2D eigenvalue weighted by Gasteiger charge is 2.24. The molecular formula is C17H23N5O. The average Bonchev–Trinajstić information content (AvgIpc) is 3.25. The predicted octanol–water partition coefficient (Wildman–Crippen LogP) is 1.65. The van der Waals surface area contributed by atoms with Crippen LogP contribution in [-0.2, 0) is 11.3 Å². The first-order valence-corrected chi connectivity index (χ1v) is 8.09. The van der Waals surface area contributed by atoms with Gasteiger partial charge in [-0.1, -0.05) is 18.2 Å². The third-order valence-electron chi connectivity index (χ3n) is 4.39. The summed E-state index contributed by atoms with van der Waals surface area (Å²) in [5, 5.41) is 4.02. The van der Waals surface area contributed by atoms with Crippen LogP contribution in [0.3, 0.4) is 0 Å². The molecule has 2 heterocycles. The lowest BCUT2D eigenvalue weighted by Gasteiger charge is -2.22. The van der Waals surface area contributed by atoms with Crippen LogP contribution >= 0.6 is 0 Å². The first kappa shape index (κ1) is 15.5. The highest BCUT2D eigenvalue weighted by molar-refractivity contribution is 5.75. The lowest BCUT2D eigenvalue weighted by Crippen LogP contribution is -2.33. The van der Waals surface area contributed by atoms with E-state index in [1.165, 1.54) is 12.0 Å².